The van der Waals surface area contributed by atoms with Gasteiger partial charge < -0.3 is 14.4 Å². The quantitative estimate of drug-likeness (QED) is 0.770. The minimum absolute atomic E-state index is 0.135. The Morgan fingerprint density at radius 1 is 1.00 bits per heavy atom. The van der Waals surface area contributed by atoms with Crippen molar-refractivity contribution in [3.8, 4) is 5.75 Å². The van der Waals surface area contributed by atoms with Gasteiger partial charge in [-0.1, -0.05) is 30.3 Å². The van der Waals surface area contributed by atoms with Crippen molar-refractivity contribution in [1.29, 1.82) is 0 Å². The summed E-state index contributed by atoms with van der Waals surface area (Å²) in [7, 11) is 0. The number of likely N-dealkylation sites (tertiary alicyclic amines) is 1. The Morgan fingerprint density at radius 2 is 1.69 bits per heavy atom. The summed E-state index contributed by atoms with van der Waals surface area (Å²) >= 11 is 0. The van der Waals surface area contributed by atoms with E-state index in [4.69, 9.17) is 9.47 Å². The fourth-order valence-electron chi connectivity index (χ4n) is 3.57. The van der Waals surface area contributed by atoms with Crippen molar-refractivity contribution >= 4 is 22.6 Å². The van der Waals surface area contributed by atoms with Crippen LogP contribution in [0.2, 0.25) is 0 Å². The van der Waals surface area contributed by atoms with Crippen LogP contribution in [0.4, 0.5) is 0 Å². The molecule has 1 saturated heterocycles. The second-order valence-electron chi connectivity index (χ2n) is 6.89. The van der Waals surface area contributed by atoms with E-state index in [2.05, 4.69) is 0 Å². The first kappa shape index (κ1) is 18.2. The summed E-state index contributed by atoms with van der Waals surface area (Å²) in [6.07, 6.45) is 3.12. The Balaban J connectivity index is 1.48. The zero-order valence-corrected chi connectivity index (χ0v) is 15.3. The maximum absolute atomic E-state index is 12.4. The van der Waals surface area contributed by atoms with Crippen LogP contribution < -0.4 is 4.74 Å². The van der Waals surface area contributed by atoms with Crippen LogP contribution in [0.25, 0.3) is 10.8 Å². The molecule has 0 spiro atoms. The molecule has 0 N–H and O–H groups in total. The lowest BCUT2D eigenvalue weighted by Gasteiger charge is -2.38. The highest BCUT2D eigenvalue weighted by Gasteiger charge is 2.29. The van der Waals surface area contributed by atoms with E-state index in [1.54, 1.807) is 0 Å². The number of carbonyl (C=O) groups is 2. The molecule has 1 amide bonds. The summed E-state index contributed by atoms with van der Waals surface area (Å²) in [6, 6.07) is 14.0. The zero-order chi connectivity index (χ0) is 18.5. The molecule has 138 valence electrons. The number of esters is 1. The van der Waals surface area contributed by atoms with E-state index in [0.29, 0.717) is 5.75 Å². The first-order valence-electron chi connectivity index (χ1n) is 9.13. The van der Waals surface area contributed by atoms with Crippen LogP contribution in [0.1, 0.15) is 33.1 Å². The fraction of sp³-hybridized carbons (Fsp3) is 0.429. The first-order chi connectivity index (χ1) is 12.5. The predicted octanol–water partition coefficient (Wildman–Crippen LogP) is 3.55. The number of hydrogen-bond donors (Lipinski definition) is 0. The van der Waals surface area contributed by atoms with Gasteiger partial charge in [0.1, 0.15) is 5.75 Å². The monoisotopic (exact) mass is 355 g/mol. The average Bonchev–Trinajstić information content (AvgIpc) is 2.64. The van der Waals surface area contributed by atoms with Crippen molar-refractivity contribution in [3.63, 3.8) is 0 Å². The lowest BCUT2D eigenvalue weighted by Crippen LogP contribution is -2.49. The lowest BCUT2D eigenvalue weighted by atomic mass is 9.97. The molecule has 0 aliphatic carbocycles. The van der Waals surface area contributed by atoms with E-state index in [1.807, 2.05) is 61.2 Å². The topological polar surface area (TPSA) is 55.8 Å². The molecule has 26 heavy (non-hydrogen) atoms. The molecule has 1 heterocycles. The van der Waals surface area contributed by atoms with Crippen molar-refractivity contribution in [1.82, 2.24) is 4.90 Å². The Bertz CT molecular complexity index is 778. The summed E-state index contributed by atoms with van der Waals surface area (Å²) in [5.74, 6) is -0.0715. The fourth-order valence-corrected chi connectivity index (χ4v) is 3.57. The van der Waals surface area contributed by atoms with E-state index >= 15 is 0 Å². The van der Waals surface area contributed by atoms with Gasteiger partial charge in [0.2, 0.25) is 0 Å². The van der Waals surface area contributed by atoms with Gasteiger partial charge in [-0.15, -0.1) is 0 Å². The number of hydrogen-bond acceptors (Lipinski definition) is 4. The number of benzene rings is 2. The maximum atomic E-state index is 12.4. The Hall–Kier alpha value is -2.56. The molecular formula is C21H25NO4. The number of rotatable bonds is 5. The molecular weight excluding hydrogens is 330 g/mol. The van der Waals surface area contributed by atoms with Gasteiger partial charge in [0.05, 0.1) is 0 Å². The van der Waals surface area contributed by atoms with Gasteiger partial charge in [-0.25, -0.2) is 4.79 Å². The van der Waals surface area contributed by atoms with E-state index in [0.717, 1.165) is 30.0 Å². The van der Waals surface area contributed by atoms with Gasteiger partial charge >= 0.3 is 5.97 Å². The van der Waals surface area contributed by atoms with Crippen molar-refractivity contribution in [2.24, 2.45) is 0 Å². The Morgan fingerprint density at radius 3 is 2.42 bits per heavy atom. The summed E-state index contributed by atoms with van der Waals surface area (Å²) in [5.41, 5.74) is 0. The Labute approximate surface area is 153 Å². The molecule has 0 unspecified atom stereocenters. The van der Waals surface area contributed by atoms with Gasteiger partial charge in [-0.05, 0) is 56.0 Å². The lowest BCUT2D eigenvalue weighted by molar-refractivity contribution is -0.156. The normalized spacial score (nSPS) is 20.0. The van der Waals surface area contributed by atoms with Crippen LogP contribution in [-0.4, -0.2) is 42.1 Å². The first-order valence-corrected chi connectivity index (χ1v) is 9.13. The predicted molar refractivity (Wildman–Crippen MR) is 100 cm³/mol. The molecule has 0 bridgehead atoms. The van der Waals surface area contributed by atoms with Gasteiger partial charge in [-0.3, -0.25) is 4.79 Å². The number of fused-ring (bicyclic) bond motifs is 1. The molecule has 2 aromatic carbocycles. The summed E-state index contributed by atoms with van der Waals surface area (Å²) in [4.78, 5) is 26.1. The number of nitrogens with zero attached hydrogens (tertiary/aromatic N) is 1. The molecule has 5 heteroatoms. The average molecular weight is 355 g/mol. The third-order valence-corrected chi connectivity index (χ3v) is 4.92. The molecule has 1 fully saturated rings. The van der Waals surface area contributed by atoms with E-state index in [9.17, 15) is 9.59 Å². The van der Waals surface area contributed by atoms with Crippen LogP contribution in [0.5, 0.6) is 5.75 Å². The van der Waals surface area contributed by atoms with E-state index in [1.165, 1.54) is 0 Å². The second kappa shape index (κ2) is 8.21. The van der Waals surface area contributed by atoms with Crippen LogP contribution in [0.3, 0.4) is 0 Å². The smallest absolute Gasteiger partial charge is 0.344 e. The highest BCUT2D eigenvalue weighted by atomic mass is 16.6. The molecule has 2 atom stereocenters. The molecule has 3 rings (SSSR count). The van der Waals surface area contributed by atoms with Crippen LogP contribution in [0.15, 0.2) is 42.5 Å². The number of carbonyl (C=O) groups excluding carboxylic acids is 2. The Kier molecular flexibility index (Phi) is 5.76. The third kappa shape index (κ3) is 4.34. The minimum Gasteiger partial charge on any atom is -0.482 e. The summed E-state index contributed by atoms with van der Waals surface area (Å²) in [5, 5.41) is 2.15. The molecule has 0 saturated carbocycles. The maximum Gasteiger partial charge on any atom is 0.344 e. The number of ether oxygens (including phenoxy) is 2. The third-order valence-electron chi connectivity index (χ3n) is 4.92. The molecule has 5 nitrogen and oxygen atoms in total. The molecule has 0 aromatic heterocycles. The molecule has 0 radical (unpaired) electrons. The van der Waals surface area contributed by atoms with Crippen LogP contribution >= 0.6 is 0 Å². The van der Waals surface area contributed by atoms with E-state index < -0.39 is 5.97 Å². The standard InChI is InChI=1S/C21H25NO4/c1-15-6-5-7-16(2)22(15)20(23)13-26-21(24)14-25-19-11-10-17-8-3-4-9-18(17)12-19/h3-4,8-12,15-16H,5-7,13-14H2,1-2H3/t15-,16-/m0/s1. The van der Waals surface area contributed by atoms with Crippen molar-refractivity contribution in [3.05, 3.63) is 42.5 Å². The van der Waals surface area contributed by atoms with Crippen molar-refractivity contribution in [2.45, 2.75) is 45.2 Å². The van der Waals surface area contributed by atoms with Crippen LogP contribution in [0, 0.1) is 0 Å². The molecule has 1 aliphatic rings. The van der Waals surface area contributed by atoms with Crippen molar-refractivity contribution in [2.75, 3.05) is 13.2 Å². The number of amides is 1. The van der Waals surface area contributed by atoms with E-state index in [-0.39, 0.29) is 31.2 Å². The van der Waals surface area contributed by atoms with Gasteiger partial charge in [0, 0.05) is 12.1 Å². The van der Waals surface area contributed by atoms with Gasteiger partial charge in [-0.2, -0.15) is 0 Å². The molecule has 2 aromatic rings. The SMILES string of the molecule is C[C@H]1CCC[C@H](C)N1C(=O)COC(=O)COc1ccc2ccccc2c1. The second-order valence-corrected chi connectivity index (χ2v) is 6.89. The van der Waals surface area contributed by atoms with Gasteiger partial charge in [0.25, 0.3) is 5.91 Å². The largest absolute Gasteiger partial charge is 0.482 e. The number of piperidine rings is 1. The van der Waals surface area contributed by atoms with Crippen LogP contribution in [-0.2, 0) is 14.3 Å². The van der Waals surface area contributed by atoms with Gasteiger partial charge in [0.15, 0.2) is 13.2 Å². The summed E-state index contributed by atoms with van der Waals surface area (Å²) < 4.78 is 10.6. The highest BCUT2D eigenvalue weighted by Crippen LogP contribution is 2.23. The minimum atomic E-state index is -0.538. The summed E-state index contributed by atoms with van der Waals surface area (Å²) in [6.45, 7) is 3.64. The highest BCUT2D eigenvalue weighted by molar-refractivity contribution is 5.84. The zero-order valence-electron chi connectivity index (χ0n) is 15.3. The van der Waals surface area contributed by atoms with Crippen molar-refractivity contribution < 1.29 is 19.1 Å². The molecule has 1 aliphatic heterocycles.